The first kappa shape index (κ1) is 15.6. The van der Waals surface area contributed by atoms with Crippen LogP contribution in [0.3, 0.4) is 0 Å². The first-order valence-electron chi connectivity index (χ1n) is 5.34. The molecule has 0 aromatic heterocycles. The van der Waals surface area contributed by atoms with Gasteiger partial charge in [0.2, 0.25) is 5.91 Å². The van der Waals surface area contributed by atoms with Gasteiger partial charge in [-0.25, -0.2) is 0 Å². The van der Waals surface area contributed by atoms with Crippen molar-refractivity contribution in [1.29, 1.82) is 0 Å². The Labute approximate surface area is 103 Å². The predicted octanol–water partition coefficient (Wildman–Crippen LogP) is 0.0209. The van der Waals surface area contributed by atoms with Crippen molar-refractivity contribution in [2.45, 2.75) is 18.9 Å². The molecule has 96 valence electrons. The van der Waals surface area contributed by atoms with E-state index in [0.717, 1.165) is 13.0 Å². The third-order valence-electron chi connectivity index (χ3n) is 2.47. The lowest BCUT2D eigenvalue weighted by molar-refractivity contribution is -0.131. The summed E-state index contributed by atoms with van der Waals surface area (Å²) in [6, 6.07) is 0.156. The number of methoxy groups -OCH3 is 1. The summed E-state index contributed by atoms with van der Waals surface area (Å²) >= 11 is 0. The Hall–Kier alpha value is -0.360. The Balaban J connectivity index is 0.00000225. The van der Waals surface area contributed by atoms with Crippen molar-refractivity contribution in [2.24, 2.45) is 5.73 Å². The van der Waals surface area contributed by atoms with Crippen molar-refractivity contribution in [1.82, 2.24) is 4.90 Å². The van der Waals surface area contributed by atoms with Gasteiger partial charge < -0.3 is 20.1 Å². The molecular formula is C10H21ClN2O3. The Morgan fingerprint density at radius 1 is 1.44 bits per heavy atom. The highest BCUT2D eigenvalue weighted by Crippen LogP contribution is 2.08. The van der Waals surface area contributed by atoms with Crippen LogP contribution < -0.4 is 5.73 Å². The Kier molecular flexibility index (Phi) is 8.56. The summed E-state index contributed by atoms with van der Waals surface area (Å²) in [6.45, 7) is 3.06. The molecular weight excluding hydrogens is 232 g/mol. The second-order valence-electron chi connectivity index (χ2n) is 3.74. The van der Waals surface area contributed by atoms with Crippen molar-refractivity contribution < 1.29 is 14.3 Å². The largest absolute Gasteiger partial charge is 0.382 e. The third-order valence-corrected chi connectivity index (χ3v) is 2.47. The van der Waals surface area contributed by atoms with E-state index in [1.165, 1.54) is 0 Å². The first-order chi connectivity index (χ1) is 7.24. The Bertz CT molecular complexity index is 205. The van der Waals surface area contributed by atoms with E-state index < -0.39 is 0 Å². The van der Waals surface area contributed by atoms with Crippen LogP contribution in [0.4, 0.5) is 0 Å². The number of amides is 1. The number of hydrogen-bond donors (Lipinski definition) is 1. The molecule has 1 fully saturated rings. The van der Waals surface area contributed by atoms with Crippen molar-refractivity contribution >= 4 is 18.3 Å². The molecule has 1 rings (SSSR count). The van der Waals surface area contributed by atoms with Gasteiger partial charge in [-0.05, 0) is 6.42 Å². The van der Waals surface area contributed by atoms with Crippen LogP contribution in [0.1, 0.15) is 12.8 Å². The van der Waals surface area contributed by atoms with Crippen LogP contribution in [0.5, 0.6) is 0 Å². The Morgan fingerprint density at radius 2 is 2.19 bits per heavy atom. The molecule has 0 aliphatic carbocycles. The van der Waals surface area contributed by atoms with E-state index in [1.807, 2.05) is 4.90 Å². The zero-order chi connectivity index (χ0) is 11.1. The van der Waals surface area contributed by atoms with Gasteiger partial charge in [-0.15, -0.1) is 12.4 Å². The highest BCUT2D eigenvalue weighted by atomic mass is 35.5. The predicted molar refractivity (Wildman–Crippen MR) is 63.7 cm³/mol. The zero-order valence-electron chi connectivity index (χ0n) is 9.68. The van der Waals surface area contributed by atoms with E-state index in [-0.39, 0.29) is 24.4 Å². The van der Waals surface area contributed by atoms with Crippen LogP contribution in [0, 0.1) is 0 Å². The van der Waals surface area contributed by atoms with Gasteiger partial charge in [0, 0.05) is 26.2 Å². The molecule has 0 unspecified atom stereocenters. The minimum absolute atomic E-state index is 0. The van der Waals surface area contributed by atoms with Gasteiger partial charge in [0.15, 0.2) is 0 Å². The average Bonchev–Trinajstić information content (AvgIpc) is 2.64. The molecule has 6 heteroatoms. The number of halogens is 1. The number of carbonyl (C=O) groups excluding carboxylic acids is 1. The minimum atomic E-state index is 0. The van der Waals surface area contributed by atoms with E-state index in [1.54, 1.807) is 7.11 Å². The normalized spacial score (nSPS) is 19.6. The zero-order valence-corrected chi connectivity index (χ0v) is 10.5. The fraction of sp³-hybridized carbons (Fsp3) is 0.900. The van der Waals surface area contributed by atoms with E-state index in [0.29, 0.717) is 32.8 Å². The van der Waals surface area contributed by atoms with Crippen molar-refractivity contribution in [3.8, 4) is 0 Å². The van der Waals surface area contributed by atoms with Crippen LogP contribution in [0.25, 0.3) is 0 Å². The summed E-state index contributed by atoms with van der Waals surface area (Å²) < 4.78 is 10.1. The summed E-state index contributed by atoms with van der Waals surface area (Å²) in [6.07, 6.45) is 1.35. The monoisotopic (exact) mass is 252 g/mol. The molecule has 1 amide bonds. The number of nitrogens with two attached hydrogens (primary N) is 1. The smallest absolute Gasteiger partial charge is 0.224 e. The number of hydrogen-bond acceptors (Lipinski definition) is 4. The molecule has 0 aromatic carbocycles. The molecule has 0 bridgehead atoms. The van der Waals surface area contributed by atoms with Gasteiger partial charge in [-0.2, -0.15) is 0 Å². The molecule has 2 N–H and O–H groups in total. The second-order valence-corrected chi connectivity index (χ2v) is 3.74. The lowest BCUT2D eigenvalue weighted by Crippen LogP contribution is -2.32. The maximum absolute atomic E-state index is 11.6. The van der Waals surface area contributed by atoms with Crippen LogP contribution >= 0.6 is 12.4 Å². The molecule has 1 saturated heterocycles. The lowest BCUT2D eigenvalue weighted by atomic mass is 10.3. The molecule has 16 heavy (non-hydrogen) atoms. The molecule has 0 saturated carbocycles. The standard InChI is InChI=1S/C10H20N2O3.ClH/c1-14-6-7-15-5-3-10(13)12-4-2-9(11)8-12;/h9H,2-8,11H2,1H3;1H/t9-;/m0./s1. The van der Waals surface area contributed by atoms with Gasteiger partial charge in [-0.3, -0.25) is 4.79 Å². The lowest BCUT2D eigenvalue weighted by Gasteiger charge is -2.15. The van der Waals surface area contributed by atoms with Gasteiger partial charge in [0.25, 0.3) is 0 Å². The molecule has 1 aliphatic heterocycles. The first-order valence-corrected chi connectivity index (χ1v) is 5.34. The maximum atomic E-state index is 11.6. The molecule has 1 aliphatic rings. The number of carbonyl (C=O) groups is 1. The third kappa shape index (κ3) is 5.65. The molecule has 5 nitrogen and oxygen atoms in total. The molecule has 1 atom stereocenters. The van der Waals surface area contributed by atoms with E-state index in [9.17, 15) is 4.79 Å². The SMILES string of the molecule is COCCOCCC(=O)N1CC[C@H](N)C1.Cl. The van der Waals surface area contributed by atoms with Crippen molar-refractivity contribution in [3.05, 3.63) is 0 Å². The number of rotatable bonds is 6. The quantitative estimate of drug-likeness (QED) is 0.677. The molecule has 0 aromatic rings. The van der Waals surface area contributed by atoms with Gasteiger partial charge >= 0.3 is 0 Å². The van der Waals surface area contributed by atoms with Crippen molar-refractivity contribution in [2.75, 3.05) is 40.0 Å². The fourth-order valence-electron chi connectivity index (χ4n) is 1.58. The fourth-order valence-corrected chi connectivity index (χ4v) is 1.58. The van der Waals surface area contributed by atoms with Crippen LogP contribution in [0.2, 0.25) is 0 Å². The van der Waals surface area contributed by atoms with Gasteiger partial charge in [0.1, 0.15) is 0 Å². The van der Waals surface area contributed by atoms with Crippen molar-refractivity contribution in [3.63, 3.8) is 0 Å². The highest BCUT2D eigenvalue weighted by Gasteiger charge is 2.22. The highest BCUT2D eigenvalue weighted by molar-refractivity contribution is 5.85. The average molecular weight is 253 g/mol. The van der Waals surface area contributed by atoms with E-state index >= 15 is 0 Å². The number of likely N-dealkylation sites (tertiary alicyclic amines) is 1. The van der Waals surface area contributed by atoms with Crippen LogP contribution in [-0.4, -0.2) is 56.9 Å². The topological polar surface area (TPSA) is 64.8 Å². The maximum Gasteiger partial charge on any atom is 0.224 e. The Morgan fingerprint density at radius 3 is 2.75 bits per heavy atom. The number of ether oxygens (including phenoxy) is 2. The number of nitrogens with zero attached hydrogens (tertiary/aromatic N) is 1. The summed E-state index contributed by atoms with van der Waals surface area (Å²) in [5, 5.41) is 0. The van der Waals surface area contributed by atoms with E-state index in [2.05, 4.69) is 0 Å². The van der Waals surface area contributed by atoms with Gasteiger partial charge in [-0.1, -0.05) is 0 Å². The molecule has 0 spiro atoms. The summed E-state index contributed by atoms with van der Waals surface area (Å²) in [5.74, 6) is 0.139. The molecule has 1 heterocycles. The molecule has 0 radical (unpaired) electrons. The minimum Gasteiger partial charge on any atom is -0.382 e. The van der Waals surface area contributed by atoms with Crippen LogP contribution in [-0.2, 0) is 14.3 Å². The summed E-state index contributed by atoms with van der Waals surface area (Å²) in [7, 11) is 1.63. The van der Waals surface area contributed by atoms with E-state index in [4.69, 9.17) is 15.2 Å². The van der Waals surface area contributed by atoms with Crippen LogP contribution in [0.15, 0.2) is 0 Å². The second kappa shape index (κ2) is 8.75. The van der Waals surface area contributed by atoms with Gasteiger partial charge in [0.05, 0.1) is 26.2 Å². The summed E-state index contributed by atoms with van der Waals surface area (Å²) in [4.78, 5) is 13.4. The summed E-state index contributed by atoms with van der Waals surface area (Å²) in [5.41, 5.74) is 5.72.